The van der Waals surface area contributed by atoms with Gasteiger partial charge in [0.2, 0.25) is 11.8 Å². The summed E-state index contributed by atoms with van der Waals surface area (Å²) in [5.74, 6) is -0.420. The highest BCUT2D eigenvalue weighted by Crippen LogP contribution is 2.25. The van der Waals surface area contributed by atoms with Crippen LogP contribution in [-0.4, -0.2) is 24.4 Å². The molecule has 30 heavy (non-hydrogen) atoms. The molecule has 1 amide bonds. The standard InChI is InChI=1S/C18H16N4O6S2/c1-11-12(2)20-28-18(11)21-30(26,27)15-7-3-13(4-8-15)19-16(23)9-5-14-6-10-17(29-14)22(24)25/h3-10,21H,1-2H3,(H,19,23)/b9-5+. The Labute approximate surface area is 175 Å². The lowest BCUT2D eigenvalue weighted by Gasteiger charge is -2.07. The predicted molar refractivity (Wildman–Crippen MR) is 112 cm³/mol. The molecule has 0 aliphatic heterocycles. The van der Waals surface area contributed by atoms with Gasteiger partial charge >= 0.3 is 5.00 Å². The zero-order chi connectivity index (χ0) is 21.9. The highest BCUT2D eigenvalue weighted by Gasteiger charge is 2.19. The summed E-state index contributed by atoms with van der Waals surface area (Å²) in [7, 11) is -3.88. The number of sulfonamides is 1. The van der Waals surface area contributed by atoms with E-state index in [1.807, 2.05) is 0 Å². The number of anilines is 2. The number of amides is 1. The molecule has 12 heteroatoms. The molecule has 2 aromatic heterocycles. The molecule has 3 aromatic rings. The number of nitrogens with one attached hydrogen (secondary N) is 2. The first kappa shape index (κ1) is 21.2. The monoisotopic (exact) mass is 448 g/mol. The molecular weight excluding hydrogens is 432 g/mol. The lowest BCUT2D eigenvalue weighted by molar-refractivity contribution is -0.380. The lowest BCUT2D eigenvalue weighted by atomic mass is 10.3. The first-order chi connectivity index (χ1) is 14.2. The van der Waals surface area contributed by atoms with E-state index >= 15 is 0 Å². The minimum absolute atomic E-state index is 0.0175. The Hall–Kier alpha value is -3.51. The minimum atomic E-state index is -3.88. The number of rotatable bonds is 7. The van der Waals surface area contributed by atoms with Gasteiger partial charge < -0.3 is 9.84 Å². The van der Waals surface area contributed by atoms with Gasteiger partial charge in [-0.1, -0.05) is 16.5 Å². The Bertz CT molecular complexity index is 1230. The first-order valence-corrected chi connectivity index (χ1v) is 10.7. The molecule has 0 saturated heterocycles. The van der Waals surface area contributed by atoms with Crippen molar-refractivity contribution in [3.8, 4) is 0 Å². The highest BCUT2D eigenvalue weighted by atomic mass is 32.2. The molecule has 1 aromatic carbocycles. The van der Waals surface area contributed by atoms with Crippen LogP contribution in [0.2, 0.25) is 0 Å². The van der Waals surface area contributed by atoms with Crippen molar-refractivity contribution >= 4 is 49.9 Å². The van der Waals surface area contributed by atoms with E-state index in [1.54, 1.807) is 13.8 Å². The summed E-state index contributed by atoms with van der Waals surface area (Å²) in [5, 5.41) is 16.9. The van der Waals surface area contributed by atoms with E-state index in [0.717, 1.165) is 11.3 Å². The summed E-state index contributed by atoms with van der Waals surface area (Å²) < 4.78 is 32.2. The number of aryl methyl sites for hydroxylation is 1. The largest absolute Gasteiger partial charge is 0.337 e. The molecule has 156 valence electrons. The third kappa shape index (κ3) is 4.90. The van der Waals surface area contributed by atoms with Gasteiger partial charge in [-0.25, -0.2) is 13.1 Å². The summed E-state index contributed by atoms with van der Waals surface area (Å²) in [6.45, 7) is 3.38. The van der Waals surface area contributed by atoms with Crippen LogP contribution in [0.1, 0.15) is 16.1 Å². The number of aromatic nitrogens is 1. The fraction of sp³-hybridized carbons (Fsp3) is 0.111. The smallest absolute Gasteiger partial charge is 0.324 e. The number of hydrogen-bond acceptors (Lipinski definition) is 8. The summed E-state index contributed by atoms with van der Waals surface area (Å²) >= 11 is 0.945. The topological polar surface area (TPSA) is 144 Å². The highest BCUT2D eigenvalue weighted by molar-refractivity contribution is 7.92. The van der Waals surface area contributed by atoms with Crippen molar-refractivity contribution in [2.75, 3.05) is 10.0 Å². The fourth-order valence-electron chi connectivity index (χ4n) is 2.28. The van der Waals surface area contributed by atoms with E-state index < -0.39 is 20.9 Å². The zero-order valence-electron chi connectivity index (χ0n) is 15.8. The Balaban J connectivity index is 1.64. The summed E-state index contributed by atoms with van der Waals surface area (Å²) in [6.07, 6.45) is 2.69. The van der Waals surface area contributed by atoms with Crippen LogP contribution in [0.5, 0.6) is 0 Å². The maximum atomic E-state index is 12.5. The number of thiophene rings is 1. The van der Waals surface area contributed by atoms with E-state index in [0.29, 0.717) is 21.8 Å². The van der Waals surface area contributed by atoms with Crippen molar-refractivity contribution < 1.29 is 22.7 Å². The van der Waals surface area contributed by atoms with Crippen molar-refractivity contribution in [2.45, 2.75) is 18.7 Å². The lowest BCUT2D eigenvalue weighted by Crippen LogP contribution is -2.13. The van der Waals surface area contributed by atoms with Crippen molar-refractivity contribution in [1.82, 2.24) is 5.16 Å². The molecule has 2 heterocycles. The minimum Gasteiger partial charge on any atom is -0.337 e. The Morgan fingerprint density at radius 1 is 1.20 bits per heavy atom. The molecule has 0 radical (unpaired) electrons. The maximum Gasteiger partial charge on any atom is 0.324 e. The molecule has 0 aliphatic rings. The van der Waals surface area contributed by atoms with Crippen molar-refractivity contribution in [3.63, 3.8) is 0 Å². The zero-order valence-corrected chi connectivity index (χ0v) is 17.4. The Morgan fingerprint density at radius 3 is 2.47 bits per heavy atom. The second kappa shape index (κ2) is 8.47. The quantitative estimate of drug-likeness (QED) is 0.318. The summed E-state index contributed by atoms with van der Waals surface area (Å²) in [6, 6.07) is 8.45. The number of carbonyl (C=O) groups excluding carboxylic acids is 1. The molecule has 0 fully saturated rings. The maximum absolute atomic E-state index is 12.5. The Morgan fingerprint density at radius 2 is 1.90 bits per heavy atom. The van der Waals surface area contributed by atoms with E-state index in [4.69, 9.17) is 4.52 Å². The number of nitro groups is 1. The van der Waals surface area contributed by atoms with Gasteiger partial charge in [0, 0.05) is 28.3 Å². The van der Waals surface area contributed by atoms with Gasteiger partial charge in [0.15, 0.2) is 0 Å². The van der Waals surface area contributed by atoms with Gasteiger partial charge in [-0.2, -0.15) is 0 Å². The van der Waals surface area contributed by atoms with Crippen LogP contribution < -0.4 is 10.0 Å². The molecule has 0 aliphatic carbocycles. The predicted octanol–water partition coefficient (Wildman–Crippen LogP) is 3.71. The normalized spacial score (nSPS) is 11.5. The van der Waals surface area contributed by atoms with E-state index in [1.165, 1.54) is 48.6 Å². The average Bonchev–Trinajstić information content (AvgIpc) is 3.29. The van der Waals surface area contributed by atoms with E-state index in [-0.39, 0.29) is 15.8 Å². The number of nitrogens with zero attached hydrogens (tertiary/aromatic N) is 2. The molecule has 10 nitrogen and oxygen atoms in total. The van der Waals surface area contributed by atoms with Gasteiger partial charge in [-0.05, 0) is 50.3 Å². The van der Waals surface area contributed by atoms with Crippen LogP contribution in [0.4, 0.5) is 16.6 Å². The summed E-state index contributed by atoms with van der Waals surface area (Å²) in [4.78, 5) is 22.7. The van der Waals surface area contributed by atoms with Crippen molar-refractivity contribution in [2.24, 2.45) is 0 Å². The Kier molecular flexibility index (Phi) is 5.99. The van der Waals surface area contributed by atoms with E-state index in [2.05, 4.69) is 15.2 Å². The van der Waals surface area contributed by atoms with Gasteiger partial charge in [0.05, 0.1) is 15.5 Å². The SMILES string of the molecule is Cc1noc(NS(=O)(=O)c2ccc(NC(=O)/C=C/c3ccc([N+](=O)[O-])s3)cc2)c1C. The van der Waals surface area contributed by atoms with Gasteiger partial charge in [-0.3, -0.25) is 14.9 Å². The molecule has 0 atom stereocenters. The molecule has 0 unspecified atom stereocenters. The third-order valence-corrected chi connectivity index (χ3v) is 6.36. The molecule has 3 rings (SSSR count). The van der Waals surface area contributed by atoms with E-state index in [9.17, 15) is 23.3 Å². The molecule has 0 saturated carbocycles. The van der Waals surface area contributed by atoms with Crippen LogP contribution in [0.15, 0.2) is 51.9 Å². The van der Waals surface area contributed by atoms with Gasteiger partial charge in [0.1, 0.15) is 0 Å². The molecule has 0 spiro atoms. The third-order valence-electron chi connectivity index (χ3n) is 4.01. The van der Waals surface area contributed by atoms with Crippen LogP contribution in [0, 0.1) is 24.0 Å². The fourth-order valence-corrected chi connectivity index (χ4v) is 4.05. The van der Waals surface area contributed by atoms with Gasteiger partial charge in [-0.15, -0.1) is 0 Å². The molecule has 2 N–H and O–H groups in total. The second-order valence-electron chi connectivity index (χ2n) is 6.11. The average molecular weight is 448 g/mol. The molecule has 0 bridgehead atoms. The second-order valence-corrected chi connectivity index (χ2v) is 8.88. The molecular formula is C18H16N4O6S2. The number of hydrogen-bond donors (Lipinski definition) is 2. The van der Waals surface area contributed by atoms with Crippen LogP contribution >= 0.6 is 11.3 Å². The van der Waals surface area contributed by atoms with Crippen LogP contribution in [0.25, 0.3) is 6.08 Å². The van der Waals surface area contributed by atoms with Crippen molar-refractivity contribution in [3.05, 3.63) is 68.7 Å². The van der Waals surface area contributed by atoms with Crippen LogP contribution in [0.3, 0.4) is 0 Å². The summed E-state index contributed by atoms with van der Waals surface area (Å²) in [5.41, 5.74) is 1.55. The first-order valence-electron chi connectivity index (χ1n) is 8.45. The van der Waals surface area contributed by atoms with Crippen LogP contribution in [-0.2, 0) is 14.8 Å². The van der Waals surface area contributed by atoms with Crippen molar-refractivity contribution in [1.29, 1.82) is 0 Å². The van der Waals surface area contributed by atoms with Gasteiger partial charge in [0.25, 0.3) is 10.0 Å². The number of benzene rings is 1. The number of carbonyl (C=O) groups is 1.